The molecule has 0 saturated carbocycles. The van der Waals surface area contributed by atoms with E-state index in [9.17, 15) is 4.79 Å². The maximum Gasteiger partial charge on any atom is 0.276 e. The highest BCUT2D eigenvalue weighted by molar-refractivity contribution is 7.99. The molecule has 1 unspecified atom stereocenters. The lowest BCUT2D eigenvalue weighted by molar-refractivity contribution is 0.102. The van der Waals surface area contributed by atoms with Crippen molar-refractivity contribution >= 4 is 35.0 Å². The van der Waals surface area contributed by atoms with Gasteiger partial charge in [0.1, 0.15) is 0 Å². The average molecular weight is 365 g/mol. The molecule has 128 valence electrons. The molecule has 1 saturated heterocycles. The van der Waals surface area contributed by atoms with Gasteiger partial charge in [-0.05, 0) is 49.4 Å². The van der Waals surface area contributed by atoms with Gasteiger partial charge in [0, 0.05) is 22.7 Å². The Labute approximate surface area is 151 Å². The fraction of sp³-hybridized carbons (Fsp3) is 0.412. The number of nitrogens with one attached hydrogen (secondary N) is 2. The van der Waals surface area contributed by atoms with Gasteiger partial charge in [0.25, 0.3) is 5.91 Å². The monoisotopic (exact) mass is 364 g/mol. The molecule has 1 aliphatic heterocycles. The maximum atomic E-state index is 12.5. The summed E-state index contributed by atoms with van der Waals surface area (Å²) in [5.41, 5.74) is 1.15. The van der Waals surface area contributed by atoms with Crippen LogP contribution in [0.3, 0.4) is 0 Å². The molecular weight excluding hydrogens is 344 g/mol. The van der Waals surface area contributed by atoms with Crippen LogP contribution < -0.4 is 10.6 Å². The minimum absolute atomic E-state index is 0.210. The van der Waals surface area contributed by atoms with E-state index >= 15 is 0 Å². The topological polar surface area (TPSA) is 59.0 Å². The Morgan fingerprint density at radius 3 is 3.12 bits per heavy atom. The van der Waals surface area contributed by atoms with Crippen LogP contribution in [0.15, 0.2) is 35.4 Å². The fourth-order valence-corrected chi connectivity index (χ4v) is 3.70. The Morgan fingerprint density at radius 1 is 1.50 bits per heavy atom. The molecule has 5 nitrogen and oxygen atoms in total. The summed E-state index contributed by atoms with van der Waals surface area (Å²) < 4.78 is 1.89. The van der Waals surface area contributed by atoms with Crippen molar-refractivity contribution in [2.45, 2.75) is 30.7 Å². The van der Waals surface area contributed by atoms with E-state index in [1.165, 1.54) is 0 Å². The van der Waals surface area contributed by atoms with E-state index in [4.69, 9.17) is 11.6 Å². The zero-order valence-corrected chi connectivity index (χ0v) is 15.2. The van der Waals surface area contributed by atoms with E-state index in [2.05, 4.69) is 22.7 Å². The van der Waals surface area contributed by atoms with Crippen molar-refractivity contribution in [3.05, 3.63) is 41.2 Å². The molecule has 1 amide bonds. The van der Waals surface area contributed by atoms with Crippen LogP contribution in [-0.4, -0.2) is 34.5 Å². The number of nitrogens with zero attached hydrogens (tertiary/aromatic N) is 2. The van der Waals surface area contributed by atoms with Crippen LogP contribution in [0.2, 0.25) is 5.02 Å². The van der Waals surface area contributed by atoms with Crippen molar-refractivity contribution in [1.29, 1.82) is 0 Å². The summed E-state index contributed by atoms with van der Waals surface area (Å²) in [6, 6.07) is 7.62. The first-order valence-corrected chi connectivity index (χ1v) is 9.53. The summed E-state index contributed by atoms with van der Waals surface area (Å²) in [6.45, 7) is 4.02. The third-order valence-electron chi connectivity index (χ3n) is 3.98. The second-order valence-corrected chi connectivity index (χ2v) is 7.45. The van der Waals surface area contributed by atoms with Gasteiger partial charge in [0.2, 0.25) is 0 Å². The molecular formula is C17H21ClN4OS. The third-order valence-corrected chi connectivity index (χ3v) is 5.17. The van der Waals surface area contributed by atoms with E-state index < -0.39 is 0 Å². The Balaban J connectivity index is 1.73. The number of amides is 1. The lowest BCUT2D eigenvalue weighted by Gasteiger charge is -2.22. The molecule has 0 bridgehead atoms. The molecule has 0 spiro atoms. The van der Waals surface area contributed by atoms with Gasteiger partial charge in [0.05, 0.1) is 11.7 Å². The number of benzene rings is 1. The van der Waals surface area contributed by atoms with E-state index in [0.717, 1.165) is 42.3 Å². The Bertz CT molecular complexity index is 712. The molecule has 1 fully saturated rings. The molecule has 0 radical (unpaired) electrons. The largest absolute Gasteiger partial charge is 0.320 e. The number of aromatic nitrogens is 2. The van der Waals surface area contributed by atoms with E-state index in [1.54, 1.807) is 23.9 Å². The molecule has 1 aromatic heterocycles. The van der Waals surface area contributed by atoms with Gasteiger partial charge < -0.3 is 10.6 Å². The quantitative estimate of drug-likeness (QED) is 0.792. The molecule has 1 aliphatic rings. The summed E-state index contributed by atoms with van der Waals surface area (Å²) in [5.74, 6) is 0.714. The number of carbonyl (C=O) groups excluding carboxylic acids is 1. The van der Waals surface area contributed by atoms with Gasteiger partial charge >= 0.3 is 0 Å². The minimum Gasteiger partial charge on any atom is -0.320 e. The van der Waals surface area contributed by atoms with E-state index in [1.807, 2.05) is 23.0 Å². The SMILES string of the molecule is CCSc1ccc(Cl)cc1NC(=O)c1ccn(C2CCCNC2)n1. The minimum atomic E-state index is -0.210. The van der Waals surface area contributed by atoms with Gasteiger partial charge in [-0.2, -0.15) is 5.10 Å². The van der Waals surface area contributed by atoms with E-state index in [0.29, 0.717) is 16.8 Å². The predicted octanol–water partition coefficient (Wildman–Crippen LogP) is 3.83. The summed E-state index contributed by atoms with van der Waals surface area (Å²) in [7, 11) is 0. The Morgan fingerprint density at radius 2 is 2.38 bits per heavy atom. The third kappa shape index (κ3) is 4.12. The molecule has 3 rings (SSSR count). The predicted molar refractivity (Wildman–Crippen MR) is 99.2 cm³/mol. The first-order valence-electron chi connectivity index (χ1n) is 8.17. The van der Waals surface area contributed by atoms with Crippen LogP contribution in [0.1, 0.15) is 36.3 Å². The number of carbonyl (C=O) groups is 1. The van der Waals surface area contributed by atoms with Crippen molar-refractivity contribution in [3.8, 4) is 0 Å². The number of hydrogen-bond donors (Lipinski definition) is 2. The molecule has 1 aromatic carbocycles. The summed E-state index contributed by atoms with van der Waals surface area (Å²) in [6.07, 6.45) is 4.10. The van der Waals surface area contributed by atoms with Crippen LogP contribution in [0.4, 0.5) is 5.69 Å². The average Bonchev–Trinajstić information content (AvgIpc) is 3.08. The van der Waals surface area contributed by atoms with Gasteiger partial charge in [-0.1, -0.05) is 18.5 Å². The van der Waals surface area contributed by atoms with Crippen molar-refractivity contribution in [3.63, 3.8) is 0 Å². The lowest BCUT2D eigenvalue weighted by atomic mass is 10.1. The first-order chi connectivity index (χ1) is 11.7. The van der Waals surface area contributed by atoms with Gasteiger partial charge in [0.15, 0.2) is 5.69 Å². The highest BCUT2D eigenvalue weighted by Crippen LogP contribution is 2.30. The van der Waals surface area contributed by atoms with Crippen LogP contribution in [0.5, 0.6) is 0 Å². The Kier molecular flexibility index (Phi) is 5.81. The molecule has 2 N–H and O–H groups in total. The molecule has 1 atom stereocenters. The van der Waals surface area contributed by atoms with Crippen LogP contribution >= 0.6 is 23.4 Å². The second-order valence-electron chi connectivity index (χ2n) is 5.71. The number of rotatable bonds is 5. The van der Waals surface area contributed by atoms with Crippen LogP contribution in [0.25, 0.3) is 0 Å². The number of piperidine rings is 1. The van der Waals surface area contributed by atoms with Gasteiger partial charge in [-0.25, -0.2) is 0 Å². The van der Waals surface area contributed by atoms with Crippen molar-refractivity contribution in [2.75, 3.05) is 24.2 Å². The van der Waals surface area contributed by atoms with Crippen molar-refractivity contribution in [1.82, 2.24) is 15.1 Å². The van der Waals surface area contributed by atoms with Crippen LogP contribution in [-0.2, 0) is 0 Å². The smallest absolute Gasteiger partial charge is 0.276 e. The van der Waals surface area contributed by atoms with E-state index in [-0.39, 0.29) is 5.91 Å². The van der Waals surface area contributed by atoms with Crippen molar-refractivity contribution in [2.24, 2.45) is 0 Å². The van der Waals surface area contributed by atoms with Gasteiger partial charge in [-0.15, -0.1) is 11.8 Å². The Hall–Kier alpha value is -1.50. The molecule has 0 aliphatic carbocycles. The highest BCUT2D eigenvalue weighted by atomic mass is 35.5. The number of hydrogen-bond acceptors (Lipinski definition) is 4. The highest BCUT2D eigenvalue weighted by Gasteiger charge is 2.18. The lowest BCUT2D eigenvalue weighted by Crippen LogP contribution is -2.32. The number of thioether (sulfide) groups is 1. The first kappa shape index (κ1) is 17.3. The zero-order chi connectivity index (χ0) is 16.9. The molecule has 7 heteroatoms. The summed E-state index contributed by atoms with van der Waals surface area (Å²) in [5, 5.41) is 11.3. The van der Waals surface area contributed by atoms with Crippen LogP contribution in [0, 0.1) is 0 Å². The maximum absolute atomic E-state index is 12.5. The zero-order valence-electron chi connectivity index (χ0n) is 13.6. The van der Waals surface area contributed by atoms with Gasteiger partial charge in [-0.3, -0.25) is 9.48 Å². The molecule has 2 aromatic rings. The fourth-order valence-electron chi connectivity index (χ4n) is 2.79. The molecule has 2 heterocycles. The number of halogens is 1. The number of anilines is 1. The second kappa shape index (κ2) is 8.05. The van der Waals surface area contributed by atoms with Crippen molar-refractivity contribution < 1.29 is 4.79 Å². The normalized spacial score (nSPS) is 17.7. The summed E-state index contributed by atoms with van der Waals surface area (Å²) in [4.78, 5) is 13.5. The molecule has 24 heavy (non-hydrogen) atoms. The standard InChI is InChI=1S/C17H21ClN4OS/c1-2-24-16-6-5-12(18)10-15(16)20-17(23)14-7-9-22(21-14)13-4-3-8-19-11-13/h5-7,9-10,13,19H,2-4,8,11H2,1H3,(H,20,23). The summed E-state index contributed by atoms with van der Waals surface area (Å²) >= 11 is 7.73.